The van der Waals surface area contributed by atoms with Gasteiger partial charge in [-0.2, -0.15) is 0 Å². The second-order valence-corrected chi connectivity index (χ2v) is 8.42. The van der Waals surface area contributed by atoms with E-state index >= 15 is 0 Å². The number of sulfone groups is 1. The van der Waals surface area contributed by atoms with Gasteiger partial charge in [-0.05, 0) is 29.7 Å². The first kappa shape index (κ1) is 16.0. The van der Waals surface area contributed by atoms with Crippen molar-refractivity contribution in [3.05, 3.63) is 65.7 Å². The molecule has 0 aromatic heterocycles. The molecule has 2 aromatic rings. The van der Waals surface area contributed by atoms with Crippen LogP contribution in [0.5, 0.6) is 0 Å². The molecule has 1 saturated heterocycles. The number of hydrogen-bond donors (Lipinski definition) is 1. The summed E-state index contributed by atoms with van der Waals surface area (Å²) in [6.07, 6.45) is 0.712. The van der Waals surface area contributed by atoms with Crippen molar-refractivity contribution in [1.82, 2.24) is 4.90 Å². The van der Waals surface area contributed by atoms with Crippen LogP contribution in [0.3, 0.4) is 0 Å². The number of nitrogen functional groups attached to an aromatic ring is 1. The van der Waals surface area contributed by atoms with Crippen molar-refractivity contribution in [2.45, 2.75) is 25.6 Å². The van der Waals surface area contributed by atoms with Gasteiger partial charge in [0.2, 0.25) is 0 Å². The molecule has 3 rings (SSSR count). The fourth-order valence-electron chi connectivity index (χ4n) is 3.05. The van der Waals surface area contributed by atoms with E-state index in [1.807, 2.05) is 42.5 Å². The minimum atomic E-state index is -2.89. The molecule has 1 aliphatic rings. The Morgan fingerprint density at radius 2 is 1.57 bits per heavy atom. The van der Waals surface area contributed by atoms with E-state index in [9.17, 15) is 8.42 Å². The monoisotopic (exact) mass is 330 g/mol. The molecule has 122 valence electrons. The highest BCUT2D eigenvalue weighted by molar-refractivity contribution is 7.91. The molecule has 1 aliphatic heterocycles. The van der Waals surface area contributed by atoms with Crippen molar-refractivity contribution < 1.29 is 8.42 Å². The van der Waals surface area contributed by atoms with E-state index in [0.717, 1.165) is 24.3 Å². The molecule has 4 nitrogen and oxygen atoms in total. The van der Waals surface area contributed by atoms with Gasteiger partial charge in [-0.3, -0.25) is 4.90 Å². The number of hydrogen-bond acceptors (Lipinski definition) is 4. The summed E-state index contributed by atoms with van der Waals surface area (Å²) >= 11 is 0. The highest BCUT2D eigenvalue weighted by Gasteiger charge is 2.32. The predicted molar refractivity (Wildman–Crippen MR) is 93.6 cm³/mol. The maximum absolute atomic E-state index is 11.9. The van der Waals surface area contributed by atoms with E-state index in [4.69, 9.17) is 5.73 Å². The van der Waals surface area contributed by atoms with Crippen LogP contribution < -0.4 is 5.73 Å². The molecule has 5 heteroatoms. The summed E-state index contributed by atoms with van der Waals surface area (Å²) in [5, 5.41) is 0. The topological polar surface area (TPSA) is 63.4 Å². The van der Waals surface area contributed by atoms with Crippen molar-refractivity contribution in [3.8, 4) is 0 Å². The SMILES string of the molecule is Nc1ccc(CN(Cc2ccccc2)[C@H]2CCS(=O)(=O)C2)cc1. The van der Waals surface area contributed by atoms with Gasteiger partial charge in [-0.15, -0.1) is 0 Å². The van der Waals surface area contributed by atoms with E-state index < -0.39 is 9.84 Å². The first-order valence-corrected chi connectivity index (χ1v) is 9.67. The molecule has 1 atom stereocenters. The average Bonchev–Trinajstić information content (AvgIpc) is 2.90. The highest BCUT2D eigenvalue weighted by atomic mass is 32.2. The Kier molecular flexibility index (Phi) is 4.68. The normalized spacial score (nSPS) is 20.0. The molecular weight excluding hydrogens is 308 g/mol. The number of rotatable bonds is 5. The molecule has 1 heterocycles. The van der Waals surface area contributed by atoms with Gasteiger partial charge in [-0.1, -0.05) is 42.5 Å². The lowest BCUT2D eigenvalue weighted by molar-refractivity contribution is 0.194. The maximum atomic E-state index is 11.9. The Labute approximate surface area is 137 Å². The maximum Gasteiger partial charge on any atom is 0.151 e. The molecule has 0 amide bonds. The summed E-state index contributed by atoms with van der Waals surface area (Å²) in [4.78, 5) is 2.27. The van der Waals surface area contributed by atoms with Gasteiger partial charge < -0.3 is 5.73 Å². The van der Waals surface area contributed by atoms with Gasteiger partial charge in [0, 0.05) is 24.8 Å². The largest absolute Gasteiger partial charge is 0.399 e. The van der Waals surface area contributed by atoms with Crippen LogP contribution in [0, 0.1) is 0 Å². The van der Waals surface area contributed by atoms with Crippen LogP contribution in [0.2, 0.25) is 0 Å². The van der Waals surface area contributed by atoms with Crippen molar-refractivity contribution in [3.63, 3.8) is 0 Å². The van der Waals surface area contributed by atoms with E-state index in [2.05, 4.69) is 17.0 Å². The lowest BCUT2D eigenvalue weighted by atomic mass is 10.1. The van der Waals surface area contributed by atoms with E-state index in [0.29, 0.717) is 12.2 Å². The number of nitrogens with two attached hydrogens (primary N) is 1. The quantitative estimate of drug-likeness (QED) is 0.856. The Bertz CT molecular complexity index is 742. The summed E-state index contributed by atoms with van der Waals surface area (Å²) in [6, 6.07) is 18.1. The first-order valence-electron chi connectivity index (χ1n) is 7.85. The molecular formula is C18H22N2O2S. The third-order valence-corrected chi connectivity index (χ3v) is 6.07. The van der Waals surface area contributed by atoms with Gasteiger partial charge in [0.05, 0.1) is 11.5 Å². The van der Waals surface area contributed by atoms with Crippen LogP contribution in [0.1, 0.15) is 17.5 Å². The van der Waals surface area contributed by atoms with Crippen LogP contribution >= 0.6 is 0 Å². The Balaban J connectivity index is 1.79. The smallest absolute Gasteiger partial charge is 0.151 e. The van der Waals surface area contributed by atoms with Crippen LogP contribution in [0.4, 0.5) is 5.69 Å². The Morgan fingerprint density at radius 3 is 2.13 bits per heavy atom. The van der Waals surface area contributed by atoms with Gasteiger partial charge in [0.15, 0.2) is 9.84 Å². The lowest BCUT2D eigenvalue weighted by Crippen LogP contribution is -2.35. The number of nitrogens with zero attached hydrogens (tertiary/aromatic N) is 1. The summed E-state index contributed by atoms with van der Waals surface area (Å²) in [5.41, 5.74) is 8.84. The number of anilines is 1. The molecule has 0 aliphatic carbocycles. The second-order valence-electron chi connectivity index (χ2n) is 6.19. The standard InChI is InChI=1S/C18H22N2O2S/c19-17-8-6-16(7-9-17)13-20(12-15-4-2-1-3-5-15)18-10-11-23(21,22)14-18/h1-9,18H,10-14,19H2/t18-/m0/s1. The Morgan fingerprint density at radius 1 is 0.957 bits per heavy atom. The molecule has 2 N–H and O–H groups in total. The zero-order valence-electron chi connectivity index (χ0n) is 13.1. The van der Waals surface area contributed by atoms with Gasteiger partial charge in [0.25, 0.3) is 0 Å². The molecule has 1 fully saturated rings. The Hall–Kier alpha value is -1.85. The van der Waals surface area contributed by atoms with Crippen molar-refractivity contribution in [2.24, 2.45) is 0 Å². The molecule has 0 unspecified atom stereocenters. The average molecular weight is 330 g/mol. The zero-order valence-corrected chi connectivity index (χ0v) is 13.9. The zero-order chi connectivity index (χ0) is 16.3. The second kappa shape index (κ2) is 6.72. The lowest BCUT2D eigenvalue weighted by Gasteiger charge is -2.28. The summed E-state index contributed by atoms with van der Waals surface area (Å²) < 4.78 is 23.7. The van der Waals surface area contributed by atoms with Crippen LogP contribution in [-0.4, -0.2) is 30.9 Å². The van der Waals surface area contributed by atoms with Crippen molar-refractivity contribution in [2.75, 3.05) is 17.2 Å². The van der Waals surface area contributed by atoms with Crippen LogP contribution in [0.15, 0.2) is 54.6 Å². The van der Waals surface area contributed by atoms with Crippen LogP contribution in [0.25, 0.3) is 0 Å². The van der Waals surface area contributed by atoms with Gasteiger partial charge >= 0.3 is 0 Å². The molecule has 0 bridgehead atoms. The van der Waals surface area contributed by atoms with Crippen LogP contribution in [-0.2, 0) is 22.9 Å². The summed E-state index contributed by atoms with van der Waals surface area (Å²) in [6.45, 7) is 1.49. The third-order valence-electron chi connectivity index (χ3n) is 4.32. The summed E-state index contributed by atoms with van der Waals surface area (Å²) in [7, 11) is -2.89. The minimum Gasteiger partial charge on any atom is -0.399 e. The van der Waals surface area contributed by atoms with Gasteiger partial charge in [-0.25, -0.2) is 8.42 Å². The van der Waals surface area contributed by atoms with E-state index in [1.54, 1.807) is 0 Å². The minimum absolute atomic E-state index is 0.0813. The molecule has 0 saturated carbocycles. The molecule has 2 aromatic carbocycles. The summed E-state index contributed by atoms with van der Waals surface area (Å²) in [5.74, 6) is 0.555. The van der Waals surface area contributed by atoms with Gasteiger partial charge in [0.1, 0.15) is 0 Å². The molecule has 0 radical (unpaired) electrons. The third kappa shape index (κ3) is 4.33. The fraction of sp³-hybridized carbons (Fsp3) is 0.333. The molecule has 0 spiro atoms. The van der Waals surface area contributed by atoms with E-state index in [1.165, 1.54) is 5.56 Å². The fourth-order valence-corrected chi connectivity index (χ4v) is 4.81. The molecule has 23 heavy (non-hydrogen) atoms. The number of benzene rings is 2. The predicted octanol–water partition coefficient (Wildman–Crippen LogP) is 2.46. The van der Waals surface area contributed by atoms with E-state index in [-0.39, 0.29) is 11.8 Å². The highest BCUT2D eigenvalue weighted by Crippen LogP contribution is 2.22. The van der Waals surface area contributed by atoms with Crippen molar-refractivity contribution in [1.29, 1.82) is 0 Å². The van der Waals surface area contributed by atoms with Crippen molar-refractivity contribution >= 4 is 15.5 Å². The first-order chi connectivity index (χ1) is 11.0.